The standard InChI is InChI=1S/C14H10ClNO3/c1-9(17)10-2-4-11(5-3-10)12-6-7-13(15)14(8-12)16(18)19/h2-8H,1H3. The van der Waals surface area contributed by atoms with Crippen molar-refractivity contribution in [3.63, 3.8) is 0 Å². The molecule has 0 bridgehead atoms. The van der Waals surface area contributed by atoms with Gasteiger partial charge >= 0.3 is 0 Å². The smallest absolute Gasteiger partial charge is 0.288 e. The van der Waals surface area contributed by atoms with Crippen LogP contribution in [0.2, 0.25) is 5.02 Å². The molecule has 4 nitrogen and oxygen atoms in total. The van der Waals surface area contributed by atoms with Crippen LogP contribution >= 0.6 is 11.6 Å². The zero-order valence-electron chi connectivity index (χ0n) is 10.1. The molecule has 2 rings (SSSR count). The minimum atomic E-state index is -0.518. The number of halogens is 1. The lowest BCUT2D eigenvalue weighted by molar-refractivity contribution is -0.384. The number of rotatable bonds is 3. The molecule has 0 spiro atoms. The molecule has 0 atom stereocenters. The fraction of sp³-hybridized carbons (Fsp3) is 0.0714. The van der Waals surface area contributed by atoms with Crippen LogP contribution in [0.5, 0.6) is 0 Å². The maximum Gasteiger partial charge on any atom is 0.288 e. The van der Waals surface area contributed by atoms with Crippen molar-refractivity contribution in [1.29, 1.82) is 0 Å². The molecule has 0 aliphatic heterocycles. The number of nitrogens with zero attached hydrogens (tertiary/aromatic N) is 1. The highest BCUT2D eigenvalue weighted by Gasteiger charge is 2.13. The van der Waals surface area contributed by atoms with Gasteiger partial charge in [-0.05, 0) is 24.1 Å². The Kier molecular flexibility index (Phi) is 3.62. The molecule has 0 aromatic heterocycles. The molecule has 0 fully saturated rings. The average Bonchev–Trinajstić information content (AvgIpc) is 2.39. The van der Waals surface area contributed by atoms with Gasteiger partial charge in [-0.25, -0.2) is 0 Å². The van der Waals surface area contributed by atoms with E-state index in [0.29, 0.717) is 11.1 Å². The molecule has 19 heavy (non-hydrogen) atoms. The van der Waals surface area contributed by atoms with Gasteiger partial charge in [-0.2, -0.15) is 0 Å². The second-order valence-electron chi connectivity index (χ2n) is 4.06. The summed E-state index contributed by atoms with van der Waals surface area (Å²) in [5.41, 5.74) is 1.96. The third-order valence-electron chi connectivity index (χ3n) is 2.77. The van der Waals surface area contributed by atoms with Gasteiger partial charge in [0, 0.05) is 11.6 Å². The Morgan fingerprint density at radius 3 is 2.21 bits per heavy atom. The Morgan fingerprint density at radius 2 is 1.68 bits per heavy atom. The van der Waals surface area contributed by atoms with Crippen LogP contribution in [0.1, 0.15) is 17.3 Å². The highest BCUT2D eigenvalue weighted by Crippen LogP contribution is 2.30. The lowest BCUT2D eigenvalue weighted by atomic mass is 10.0. The summed E-state index contributed by atoms with van der Waals surface area (Å²) in [6, 6.07) is 11.5. The predicted octanol–water partition coefficient (Wildman–Crippen LogP) is 4.12. The number of nitro groups is 1. The summed E-state index contributed by atoms with van der Waals surface area (Å²) in [4.78, 5) is 21.5. The Hall–Kier alpha value is -2.20. The number of Topliss-reactive ketones (excluding diaryl/α,β-unsaturated/α-hetero) is 1. The van der Waals surface area contributed by atoms with E-state index in [1.165, 1.54) is 19.1 Å². The van der Waals surface area contributed by atoms with Gasteiger partial charge in [-0.15, -0.1) is 0 Å². The normalized spacial score (nSPS) is 10.2. The molecule has 2 aromatic rings. The molecule has 0 N–H and O–H groups in total. The van der Waals surface area contributed by atoms with Crippen LogP contribution in [0.25, 0.3) is 11.1 Å². The lowest BCUT2D eigenvalue weighted by Crippen LogP contribution is -1.92. The first-order valence-corrected chi connectivity index (χ1v) is 5.92. The van der Waals surface area contributed by atoms with E-state index in [2.05, 4.69) is 0 Å². The van der Waals surface area contributed by atoms with Gasteiger partial charge in [0.05, 0.1) is 4.92 Å². The summed E-state index contributed by atoms with van der Waals surface area (Å²) in [5.74, 6) is -0.0198. The van der Waals surface area contributed by atoms with Gasteiger partial charge in [-0.3, -0.25) is 14.9 Å². The van der Waals surface area contributed by atoms with Gasteiger partial charge in [0.25, 0.3) is 5.69 Å². The maximum absolute atomic E-state index is 11.2. The number of hydrogen-bond donors (Lipinski definition) is 0. The number of carbonyl (C=O) groups excluding carboxylic acids is 1. The third-order valence-corrected chi connectivity index (χ3v) is 3.09. The van der Waals surface area contributed by atoms with Crippen LogP contribution in [0, 0.1) is 10.1 Å². The zero-order chi connectivity index (χ0) is 14.0. The van der Waals surface area contributed by atoms with Crippen molar-refractivity contribution in [3.05, 3.63) is 63.2 Å². The molecule has 96 valence electrons. The van der Waals surface area contributed by atoms with Gasteiger partial charge in [-0.1, -0.05) is 41.9 Å². The molecule has 0 unspecified atom stereocenters. The minimum absolute atomic E-state index is 0.0198. The molecule has 0 aliphatic rings. The van der Waals surface area contributed by atoms with E-state index >= 15 is 0 Å². The van der Waals surface area contributed by atoms with Crippen molar-refractivity contribution >= 4 is 23.1 Å². The molecule has 0 radical (unpaired) electrons. The molecule has 0 heterocycles. The molecular weight excluding hydrogens is 266 g/mol. The zero-order valence-corrected chi connectivity index (χ0v) is 10.8. The van der Waals surface area contributed by atoms with Crippen molar-refractivity contribution < 1.29 is 9.72 Å². The minimum Gasteiger partial charge on any atom is -0.295 e. The maximum atomic E-state index is 11.2. The molecule has 2 aromatic carbocycles. The quantitative estimate of drug-likeness (QED) is 0.481. The Morgan fingerprint density at radius 1 is 1.11 bits per heavy atom. The number of ketones is 1. The Labute approximate surface area is 114 Å². The van der Waals surface area contributed by atoms with Gasteiger partial charge in [0.2, 0.25) is 0 Å². The fourth-order valence-electron chi connectivity index (χ4n) is 1.73. The second-order valence-corrected chi connectivity index (χ2v) is 4.46. The highest BCUT2D eigenvalue weighted by atomic mass is 35.5. The Bertz CT molecular complexity index is 650. The average molecular weight is 276 g/mol. The van der Waals surface area contributed by atoms with Crippen LogP contribution in [0.4, 0.5) is 5.69 Å². The van der Waals surface area contributed by atoms with Crippen molar-refractivity contribution in [2.45, 2.75) is 6.92 Å². The van der Waals surface area contributed by atoms with Crippen LogP contribution in [0.15, 0.2) is 42.5 Å². The largest absolute Gasteiger partial charge is 0.295 e. The van der Waals surface area contributed by atoms with Crippen LogP contribution in [-0.2, 0) is 0 Å². The molecule has 0 amide bonds. The van der Waals surface area contributed by atoms with Gasteiger partial charge in [0.1, 0.15) is 5.02 Å². The second kappa shape index (κ2) is 5.20. The number of carbonyl (C=O) groups is 1. The highest BCUT2D eigenvalue weighted by molar-refractivity contribution is 6.32. The van der Waals surface area contributed by atoms with E-state index in [9.17, 15) is 14.9 Å². The van der Waals surface area contributed by atoms with E-state index in [1.807, 2.05) is 0 Å². The summed E-state index contributed by atoms with van der Waals surface area (Å²) in [6.07, 6.45) is 0. The van der Waals surface area contributed by atoms with Crippen LogP contribution < -0.4 is 0 Å². The van der Waals surface area contributed by atoms with Gasteiger partial charge in [0.15, 0.2) is 5.78 Å². The first-order valence-electron chi connectivity index (χ1n) is 5.54. The lowest BCUT2D eigenvalue weighted by Gasteiger charge is -2.03. The summed E-state index contributed by atoms with van der Waals surface area (Å²) < 4.78 is 0. The number of hydrogen-bond acceptors (Lipinski definition) is 3. The van der Waals surface area contributed by atoms with Crippen molar-refractivity contribution in [1.82, 2.24) is 0 Å². The Balaban J connectivity index is 2.44. The van der Waals surface area contributed by atoms with Crippen molar-refractivity contribution in [3.8, 4) is 11.1 Å². The fourth-order valence-corrected chi connectivity index (χ4v) is 1.92. The van der Waals surface area contributed by atoms with Gasteiger partial charge < -0.3 is 0 Å². The number of benzene rings is 2. The van der Waals surface area contributed by atoms with E-state index in [-0.39, 0.29) is 16.5 Å². The summed E-state index contributed by atoms with van der Waals surface area (Å²) in [7, 11) is 0. The monoisotopic (exact) mass is 275 g/mol. The molecule has 0 saturated heterocycles. The van der Waals surface area contributed by atoms with E-state index in [1.54, 1.807) is 30.3 Å². The predicted molar refractivity (Wildman–Crippen MR) is 73.5 cm³/mol. The molecule has 0 aliphatic carbocycles. The third kappa shape index (κ3) is 2.80. The summed E-state index contributed by atoms with van der Waals surface area (Å²) >= 11 is 5.76. The molecule has 0 saturated carbocycles. The first kappa shape index (κ1) is 13.2. The summed E-state index contributed by atoms with van der Waals surface area (Å²) in [6.45, 7) is 1.49. The first-order chi connectivity index (χ1) is 8.99. The van der Waals surface area contributed by atoms with Crippen molar-refractivity contribution in [2.75, 3.05) is 0 Å². The van der Waals surface area contributed by atoms with E-state index in [0.717, 1.165) is 5.56 Å². The topological polar surface area (TPSA) is 60.2 Å². The molecule has 5 heteroatoms. The summed E-state index contributed by atoms with van der Waals surface area (Å²) in [5, 5.41) is 10.9. The van der Waals surface area contributed by atoms with Crippen LogP contribution in [0.3, 0.4) is 0 Å². The molecular formula is C14H10ClNO3. The van der Waals surface area contributed by atoms with E-state index < -0.39 is 4.92 Å². The van der Waals surface area contributed by atoms with E-state index in [4.69, 9.17) is 11.6 Å². The SMILES string of the molecule is CC(=O)c1ccc(-c2ccc(Cl)c([N+](=O)[O-])c2)cc1. The number of nitro benzene ring substituents is 1. The van der Waals surface area contributed by atoms with Crippen molar-refractivity contribution in [2.24, 2.45) is 0 Å². The van der Waals surface area contributed by atoms with Crippen LogP contribution in [-0.4, -0.2) is 10.7 Å².